The number of carbonyl (C=O) groups excluding carboxylic acids is 1. The van der Waals surface area contributed by atoms with Crippen molar-refractivity contribution in [3.8, 4) is 0 Å². The second-order valence-corrected chi connectivity index (χ2v) is 8.89. The Hall–Kier alpha value is -2.53. The molecule has 4 rings (SSSR count). The van der Waals surface area contributed by atoms with Crippen LogP contribution in [0, 0.1) is 13.8 Å². The van der Waals surface area contributed by atoms with Gasteiger partial charge in [-0.05, 0) is 61.4 Å². The Kier molecular flexibility index (Phi) is 5.74. The number of unbranched alkanes of at least 4 members (excludes halogenated alkanes) is 2. The maximum absolute atomic E-state index is 13.6. The summed E-state index contributed by atoms with van der Waals surface area (Å²) in [5.41, 5.74) is 3.73. The first-order valence-electron chi connectivity index (χ1n) is 10.5. The number of rotatable bonds is 6. The molecule has 156 valence electrons. The first-order valence-corrected chi connectivity index (χ1v) is 11.7. The fraction of sp³-hybridized carbons (Fsp3) is 0.360. The molecule has 1 aromatic heterocycles. The van der Waals surface area contributed by atoms with E-state index in [4.69, 9.17) is 4.42 Å². The van der Waals surface area contributed by atoms with Crippen LogP contribution >= 0.6 is 11.8 Å². The van der Waals surface area contributed by atoms with Gasteiger partial charge in [-0.15, -0.1) is 11.8 Å². The van der Waals surface area contributed by atoms with E-state index >= 15 is 0 Å². The van der Waals surface area contributed by atoms with Gasteiger partial charge in [-0.25, -0.2) is 0 Å². The minimum atomic E-state index is -0.401. The molecule has 30 heavy (non-hydrogen) atoms. The lowest BCUT2D eigenvalue weighted by atomic mass is 9.97. The number of hydrogen-bond acceptors (Lipinski definition) is 4. The molecule has 2 aromatic carbocycles. The van der Waals surface area contributed by atoms with Crippen LogP contribution in [0.2, 0.25) is 0 Å². The number of benzene rings is 2. The van der Waals surface area contributed by atoms with Crippen LogP contribution in [0.4, 0.5) is 0 Å². The lowest BCUT2D eigenvalue weighted by Crippen LogP contribution is -2.30. The topological polar surface area (TPSA) is 50.5 Å². The van der Waals surface area contributed by atoms with Gasteiger partial charge in [0.2, 0.25) is 5.76 Å². The Bertz CT molecular complexity index is 1160. The number of amides is 1. The average molecular weight is 422 g/mol. The summed E-state index contributed by atoms with van der Waals surface area (Å²) in [5, 5.41) is 0.577. The molecule has 0 saturated heterocycles. The van der Waals surface area contributed by atoms with Gasteiger partial charge in [0.25, 0.3) is 5.91 Å². The summed E-state index contributed by atoms with van der Waals surface area (Å²) >= 11 is 1.67. The summed E-state index contributed by atoms with van der Waals surface area (Å²) in [6.07, 6.45) is 5.05. The zero-order chi connectivity index (χ0) is 21.4. The quantitative estimate of drug-likeness (QED) is 0.369. The third kappa shape index (κ3) is 3.45. The molecule has 1 amide bonds. The Morgan fingerprint density at radius 2 is 1.80 bits per heavy atom. The van der Waals surface area contributed by atoms with Crippen molar-refractivity contribution in [3.05, 3.63) is 74.6 Å². The van der Waals surface area contributed by atoms with E-state index in [0.717, 1.165) is 40.8 Å². The summed E-state index contributed by atoms with van der Waals surface area (Å²) in [7, 11) is 0. The van der Waals surface area contributed by atoms with Gasteiger partial charge in [0, 0.05) is 11.4 Å². The van der Waals surface area contributed by atoms with E-state index in [9.17, 15) is 9.59 Å². The van der Waals surface area contributed by atoms with E-state index < -0.39 is 6.04 Å². The van der Waals surface area contributed by atoms with Crippen LogP contribution in [-0.4, -0.2) is 23.6 Å². The van der Waals surface area contributed by atoms with Crippen molar-refractivity contribution in [1.82, 2.24) is 4.90 Å². The van der Waals surface area contributed by atoms with Crippen LogP contribution in [0.15, 0.2) is 50.5 Å². The molecule has 5 heteroatoms. The Morgan fingerprint density at radius 3 is 2.47 bits per heavy atom. The van der Waals surface area contributed by atoms with Crippen LogP contribution in [0.1, 0.15) is 65.0 Å². The monoisotopic (exact) mass is 421 g/mol. The smallest absolute Gasteiger partial charge is 0.290 e. The number of aryl methyl sites for hydroxylation is 2. The average Bonchev–Trinajstić information content (AvgIpc) is 3.00. The molecule has 0 N–H and O–H groups in total. The minimum absolute atomic E-state index is 0.0889. The molecule has 0 aliphatic carbocycles. The lowest BCUT2D eigenvalue weighted by Gasteiger charge is -2.25. The van der Waals surface area contributed by atoms with Crippen molar-refractivity contribution in [2.24, 2.45) is 0 Å². The van der Waals surface area contributed by atoms with Gasteiger partial charge in [0.05, 0.1) is 17.0 Å². The van der Waals surface area contributed by atoms with Gasteiger partial charge in [-0.2, -0.15) is 0 Å². The number of thioether (sulfide) groups is 1. The predicted octanol–water partition coefficient (Wildman–Crippen LogP) is 5.87. The van der Waals surface area contributed by atoms with Crippen LogP contribution in [-0.2, 0) is 0 Å². The number of carbonyl (C=O) groups is 1. The van der Waals surface area contributed by atoms with E-state index in [1.54, 1.807) is 11.8 Å². The van der Waals surface area contributed by atoms with Crippen molar-refractivity contribution in [3.63, 3.8) is 0 Å². The largest absolute Gasteiger partial charge is 0.450 e. The van der Waals surface area contributed by atoms with E-state index in [1.165, 1.54) is 0 Å². The maximum Gasteiger partial charge on any atom is 0.290 e. The Balaban J connectivity index is 1.93. The first-order chi connectivity index (χ1) is 14.5. The van der Waals surface area contributed by atoms with Crippen LogP contribution < -0.4 is 5.43 Å². The van der Waals surface area contributed by atoms with Gasteiger partial charge in [0.1, 0.15) is 5.58 Å². The number of hydrogen-bond donors (Lipinski definition) is 0. The molecular formula is C25H27NO3S. The van der Waals surface area contributed by atoms with Crippen molar-refractivity contribution in [2.75, 3.05) is 12.8 Å². The van der Waals surface area contributed by atoms with Gasteiger partial charge >= 0.3 is 0 Å². The molecule has 1 aliphatic rings. The second kappa shape index (κ2) is 8.31. The van der Waals surface area contributed by atoms with Gasteiger partial charge in [-0.3, -0.25) is 9.59 Å². The van der Waals surface area contributed by atoms with Gasteiger partial charge in [0.15, 0.2) is 5.43 Å². The molecule has 3 aromatic rings. The molecule has 2 heterocycles. The molecule has 0 saturated carbocycles. The Labute approximate surface area is 181 Å². The fourth-order valence-electron chi connectivity index (χ4n) is 4.41. The van der Waals surface area contributed by atoms with Gasteiger partial charge < -0.3 is 9.32 Å². The first kappa shape index (κ1) is 20.7. The second-order valence-electron chi connectivity index (χ2n) is 8.01. The van der Waals surface area contributed by atoms with Crippen molar-refractivity contribution < 1.29 is 9.21 Å². The maximum atomic E-state index is 13.6. The van der Waals surface area contributed by atoms with Gasteiger partial charge in [-0.1, -0.05) is 38.0 Å². The molecule has 0 fully saturated rings. The fourth-order valence-corrected chi connectivity index (χ4v) is 4.82. The number of nitrogens with zero attached hydrogens (tertiary/aromatic N) is 1. The normalized spacial score (nSPS) is 15.8. The van der Waals surface area contributed by atoms with E-state index in [1.807, 2.05) is 61.4 Å². The third-order valence-electron chi connectivity index (χ3n) is 5.85. The molecule has 1 atom stereocenters. The summed E-state index contributed by atoms with van der Waals surface area (Å²) in [4.78, 5) is 30.0. The molecule has 1 unspecified atom stereocenters. The highest BCUT2D eigenvalue weighted by Crippen LogP contribution is 2.39. The molecule has 0 spiro atoms. The zero-order valence-corrected chi connectivity index (χ0v) is 18.8. The summed E-state index contributed by atoms with van der Waals surface area (Å²) in [6, 6.07) is 11.6. The highest BCUT2D eigenvalue weighted by molar-refractivity contribution is 7.98. The van der Waals surface area contributed by atoms with Crippen LogP contribution in [0.25, 0.3) is 11.0 Å². The highest BCUT2D eigenvalue weighted by Gasteiger charge is 2.42. The molecule has 0 radical (unpaired) electrons. The zero-order valence-electron chi connectivity index (χ0n) is 18.0. The lowest BCUT2D eigenvalue weighted by molar-refractivity contribution is 0.0724. The summed E-state index contributed by atoms with van der Waals surface area (Å²) in [6.45, 7) is 6.65. The SMILES string of the molecule is CCCCCN1C(=O)c2oc3cc(C)cc(C)c3c(=O)c2C1c1ccc(SC)cc1. The van der Waals surface area contributed by atoms with Crippen molar-refractivity contribution >= 4 is 28.6 Å². The van der Waals surface area contributed by atoms with E-state index in [-0.39, 0.29) is 17.1 Å². The molecule has 1 aliphatic heterocycles. The standard InChI is InChI=1S/C25H27NO3S/c1-5-6-7-12-26-22(17-8-10-18(30-4)11-9-17)21-23(27)20-16(3)13-15(2)14-19(20)29-24(21)25(26)28/h8-11,13-14,22H,5-7,12H2,1-4H3. The molecule has 0 bridgehead atoms. The predicted molar refractivity (Wildman–Crippen MR) is 123 cm³/mol. The van der Waals surface area contributed by atoms with Crippen LogP contribution in [0.5, 0.6) is 0 Å². The highest BCUT2D eigenvalue weighted by atomic mass is 32.2. The third-order valence-corrected chi connectivity index (χ3v) is 6.59. The minimum Gasteiger partial charge on any atom is -0.450 e. The Morgan fingerprint density at radius 1 is 1.07 bits per heavy atom. The van der Waals surface area contributed by atoms with Crippen molar-refractivity contribution in [1.29, 1.82) is 0 Å². The van der Waals surface area contributed by atoms with Crippen LogP contribution in [0.3, 0.4) is 0 Å². The summed E-state index contributed by atoms with van der Waals surface area (Å²) in [5.74, 6) is 0.0196. The van der Waals surface area contributed by atoms with E-state index in [0.29, 0.717) is 23.1 Å². The molecule has 4 nitrogen and oxygen atoms in total. The number of fused-ring (bicyclic) bond motifs is 2. The molecular weight excluding hydrogens is 394 g/mol. The van der Waals surface area contributed by atoms with Crippen molar-refractivity contribution in [2.45, 2.75) is 51.0 Å². The summed E-state index contributed by atoms with van der Waals surface area (Å²) < 4.78 is 6.10. The van der Waals surface area contributed by atoms with E-state index in [2.05, 4.69) is 6.92 Å².